The Kier molecular flexibility index (Phi) is 6.96. The second-order valence-corrected chi connectivity index (χ2v) is 9.21. The number of sulfonamides is 1. The minimum atomic E-state index is -3.66. The summed E-state index contributed by atoms with van der Waals surface area (Å²) in [6.07, 6.45) is 6.26. The number of ether oxygens (including phenoxy) is 1. The molecule has 8 nitrogen and oxygen atoms in total. The number of hydrogen-bond acceptors (Lipinski definition) is 5. The molecule has 2 aromatic carbocycles. The molecule has 0 bridgehead atoms. The number of carbonyl (C=O) groups excluding carboxylic acids is 1. The van der Waals surface area contributed by atoms with Crippen molar-refractivity contribution in [2.24, 2.45) is 0 Å². The van der Waals surface area contributed by atoms with E-state index < -0.39 is 15.9 Å². The lowest BCUT2D eigenvalue weighted by Crippen LogP contribution is -2.40. The van der Waals surface area contributed by atoms with Crippen LogP contribution in [0.2, 0.25) is 0 Å². The van der Waals surface area contributed by atoms with Crippen LogP contribution in [0, 0.1) is 0 Å². The molecule has 0 atom stereocenters. The summed E-state index contributed by atoms with van der Waals surface area (Å²) < 4.78 is 33.2. The molecule has 0 aliphatic carbocycles. The van der Waals surface area contributed by atoms with E-state index >= 15 is 0 Å². The number of nitrogens with one attached hydrogen (secondary N) is 1. The van der Waals surface area contributed by atoms with E-state index in [1.165, 1.54) is 0 Å². The second kappa shape index (κ2) is 9.65. The van der Waals surface area contributed by atoms with Gasteiger partial charge in [0.25, 0.3) is 0 Å². The summed E-state index contributed by atoms with van der Waals surface area (Å²) in [7, 11) is -3.66. The van der Waals surface area contributed by atoms with Crippen LogP contribution in [0.25, 0.3) is 5.69 Å². The normalized spacial score (nSPS) is 11.4. The van der Waals surface area contributed by atoms with Crippen LogP contribution in [0.1, 0.15) is 19.4 Å². The van der Waals surface area contributed by atoms with E-state index in [1.54, 1.807) is 36.8 Å². The molecule has 3 rings (SSSR count). The zero-order valence-electron chi connectivity index (χ0n) is 17.7. The first-order valence-electron chi connectivity index (χ1n) is 9.81. The molecule has 0 spiro atoms. The minimum Gasteiger partial charge on any atom is -0.491 e. The van der Waals surface area contributed by atoms with Crippen LogP contribution in [0.4, 0.5) is 5.69 Å². The predicted octanol–water partition coefficient (Wildman–Crippen LogP) is 2.74. The standard InChI is InChI=1S/C22H26N4O4S/c1-17(2)30-20-10-8-19(9-11-20)26(31(3,28)29)15-22(27)24-14-18-6-4-5-7-21(18)25-13-12-23-16-25/h4-13,16-17H,14-15H2,1-3H3,(H,24,27). The highest BCUT2D eigenvalue weighted by Gasteiger charge is 2.21. The van der Waals surface area contributed by atoms with Crippen LogP contribution in [0.15, 0.2) is 67.3 Å². The van der Waals surface area contributed by atoms with Crippen molar-refractivity contribution in [3.63, 3.8) is 0 Å². The highest BCUT2D eigenvalue weighted by Crippen LogP contribution is 2.22. The van der Waals surface area contributed by atoms with Gasteiger partial charge < -0.3 is 14.6 Å². The molecule has 1 amide bonds. The Balaban J connectivity index is 1.70. The van der Waals surface area contributed by atoms with E-state index in [2.05, 4.69) is 10.3 Å². The van der Waals surface area contributed by atoms with Gasteiger partial charge in [0.15, 0.2) is 0 Å². The highest BCUT2D eigenvalue weighted by molar-refractivity contribution is 7.92. The predicted molar refractivity (Wildman–Crippen MR) is 120 cm³/mol. The summed E-state index contributed by atoms with van der Waals surface area (Å²) in [6, 6.07) is 14.2. The van der Waals surface area contributed by atoms with Gasteiger partial charge in [-0.25, -0.2) is 13.4 Å². The average Bonchev–Trinajstić information content (AvgIpc) is 3.25. The molecular formula is C22H26N4O4S. The van der Waals surface area contributed by atoms with Gasteiger partial charge in [-0.05, 0) is 49.7 Å². The van der Waals surface area contributed by atoms with Crippen LogP contribution in [-0.4, -0.2) is 42.8 Å². The molecule has 0 aliphatic heterocycles. The Morgan fingerprint density at radius 1 is 1.16 bits per heavy atom. The van der Waals surface area contributed by atoms with Crippen molar-refractivity contribution in [2.45, 2.75) is 26.5 Å². The molecule has 0 radical (unpaired) electrons. The van der Waals surface area contributed by atoms with Gasteiger partial charge in [-0.1, -0.05) is 18.2 Å². The Labute approximate surface area is 182 Å². The fourth-order valence-electron chi connectivity index (χ4n) is 3.06. The molecule has 0 saturated carbocycles. The lowest BCUT2D eigenvalue weighted by molar-refractivity contribution is -0.119. The summed E-state index contributed by atoms with van der Waals surface area (Å²) in [5.41, 5.74) is 2.17. The fraction of sp³-hybridized carbons (Fsp3) is 0.273. The largest absolute Gasteiger partial charge is 0.491 e. The van der Waals surface area contributed by atoms with Crippen molar-refractivity contribution in [3.8, 4) is 11.4 Å². The number of amides is 1. The molecule has 3 aromatic rings. The molecule has 31 heavy (non-hydrogen) atoms. The monoisotopic (exact) mass is 442 g/mol. The molecule has 0 fully saturated rings. The quantitative estimate of drug-likeness (QED) is 0.550. The van der Waals surface area contributed by atoms with Crippen molar-refractivity contribution in [1.29, 1.82) is 0 Å². The maximum atomic E-state index is 12.6. The SMILES string of the molecule is CC(C)Oc1ccc(N(CC(=O)NCc2ccccc2-n2ccnc2)S(C)(=O)=O)cc1. The van der Waals surface area contributed by atoms with Crippen LogP contribution >= 0.6 is 0 Å². The van der Waals surface area contributed by atoms with Crippen LogP contribution < -0.4 is 14.4 Å². The topological polar surface area (TPSA) is 93.5 Å². The first kappa shape index (κ1) is 22.4. The summed E-state index contributed by atoms with van der Waals surface area (Å²) in [5.74, 6) is 0.223. The zero-order valence-corrected chi connectivity index (χ0v) is 18.5. The first-order chi connectivity index (χ1) is 14.7. The fourth-order valence-corrected chi connectivity index (χ4v) is 3.91. The summed E-state index contributed by atoms with van der Waals surface area (Å²) in [4.78, 5) is 16.6. The van der Waals surface area contributed by atoms with Gasteiger partial charge in [0.1, 0.15) is 12.3 Å². The lowest BCUT2D eigenvalue weighted by Gasteiger charge is -2.22. The number of para-hydroxylation sites is 1. The van der Waals surface area contributed by atoms with E-state index in [9.17, 15) is 13.2 Å². The van der Waals surface area contributed by atoms with Crippen molar-refractivity contribution < 1.29 is 17.9 Å². The van der Waals surface area contributed by atoms with E-state index in [0.29, 0.717) is 11.4 Å². The first-order valence-corrected chi connectivity index (χ1v) is 11.7. The molecular weight excluding hydrogens is 416 g/mol. The number of carbonyl (C=O) groups is 1. The van der Waals surface area contributed by atoms with Crippen LogP contribution in [-0.2, 0) is 21.4 Å². The third-order valence-electron chi connectivity index (χ3n) is 4.43. The van der Waals surface area contributed by atoms with E-state index in [-0.39, 0.29) is 19.2 Å². The number of anilines is 1. The number of nitrogens with zero attached hydrogens (tertiary/aromatic N) is 3. The van der Waals surface area contributed by atoms with Crippen LogP contribution in [0.5, 0.6) is 5.75 Å². The number of imidazole rings is 1. The van der Waals surface area contributed by atoms with Gasteiger partial charge in [0.2, 0.25) is 15.9 Å². The third kappa shape index (κ3) is 6.08. The van der Waals surface area contributed by atoms with Gasteiger partial charge in [0.05, 0.1) is 30.1 Å². The Hall–Kier alpha value is -3.33. The van der Waals surface area contributed by atoms with Gasteiger partial charge in [-0.15, -0.1) is 0 Å². The molecule has 1 N–H and O–H groups in total. The molecule has 164 valence electrons. The van der Waals surface area contributed by atoms with Gasteiger partial charge in [0, 0.05) is 18.9 Å². The molecule has 0 aliphatic rings. The highest BCUT2D eigenvalue weighted by atomic mass is 32.2. The average molecular weight is 443 g/mol. The minimum absolute atomic E-state index is 0.00726. The lowest BCUT2D eigenvalue weighted by atomic mass is 10.1. The van der Waals surface area contributed by atoms with Gasteiger partial charge in [-0.2, -0.15) is 0 Å². The maximum Gasteiger partial charge on any atom is 0.241 e. The van der Waals surface area contributed by atoms with Gasteiger partial charge in [-0.3, -0.25) is 9.10 Å². The maximum absolute atomic E-state index is 12.6. The van der Waals surface area contributed by atoms with E-state index in [0.717, 1.165) is 21.8 Å². The number of hydrogen-bond donors (Lipinski definition) is 1. The van der Waals surface area contributed by atoms with Crippen molar-refractivity contribution in [1.82, 2.24) is 14.9 Å². The summed E-state index contributed by atoms with van der Waals surface area (Å²) >= 11 is 0. The number of benzene rings is 2. The zero-order chi connectivity index (χ0) is 22.4. The molecule has 1 aromatic heterocycles. The van der Waals surface area contributed by atoms with Gasteiger partial charge >= 0.3 is 0 Å². The molecule has 9 heteroatoms. The van der Waals surface area contributed by atoms with Crippen molar-refractivity contribution in [3.05, 3.63) is 72.8 Å². The molecule has 0 saturated heterocycles. The Morgan fingerprint density at radius 3 is 2.48 bits per heavy atom. The number of rotatable bonds is 9. The Morgan fingerprint density at radius 2 is 1.87 bits per heavy atom. The summed E-state index contributed by atoms with van der Waals surface area (Å²) in [6.45, 7) is 3.75. The molecule has 0 unspecified atom stereocenters. The van der Waals surface area contributed by atoms with Crippen LogP contribution in [0.3, 0.4) is 0 Å². The smallest absolute Gasteiger partial charge is 0.241 e. The van der Waals surface area contributed by atoms with E-state index in [4.69, 9.17) is 4.74 Å². The molecule has 1 heterocycles. The van der Waals surface area contributed by atoms with Crippen molar-refractivity contribution >= 4 is 21.6 Å². The van der Waals surface area contributed by atoms with Crippen molar-refractivity contribution in [2.75, 3.05) is 17.1 Å². The Bertz CT molecular complexity index is 1110. The number of aromatic nitrogens is 2. The van der Waals surface area contributed by atoms with E-state index in [1.807, 2.05) is 48.9 Å². The third-order valence-corrected chi connectivity index (χ3v) is 5.57. The summed E-state index contributed by atoms with van der Waals surface area (Å²) in [5, 5.41) is 2.81. The second-order valence-electron chi connectivity index (χ2n) is 7.31.